The molecule has 0 aliphatic rings. The Kier molecular flexibility index (Phi) is 2.95. The van der Waals surface area contributed by atoms with Gasteiger partial charge in [0.25, 0.3) is 0 Å². The number of rotatable bonds is 0. The number of hydrogen-bond acceptors (Lipinski definition) is 0. The maximum atomic E-state index is 12.6. The van der Waals surface area contributed by atoms with Crippen LogP contribution in [-0.2, 0) is 6.18 Å². The van der Waals surface area contributed by atoms with Crippen LogP contribution in [0, 0.1) is 20.8 Å². The van der Waals surface area contributed by atoms with Crippen molar-refractivity contribution in [2.75, 3.05) is 0 Å². The van der Waals surface area contributed by atoms with Crippen molar-refractivity contribution < 1.29 is 13.2 Å². The molecule has 0 fully saturated rings. The van der Waals surface area contributed by atoms with Crippen molar-refractivity contribution in [1.29, 1.82) is 0 Å². The fourth-order valence-electron chi connectivity index (χ4n) is 1.39. The summed E-state index contributed by atoms with van der Waals surface area (Å²) in [7, 11) is 0. The molecule has 0 aromatic heterocycles. The molecular formula is C10H10BrF3. The second-order valence-corrected chi connectivity index (χ2v) is 4.12. The molecule has 1 aromatic carbocycles. The highest BCUT2D eigenvalue weighted by molar-refractivity contribution is 9.10. The zero-order valence-electron chi connectivity index (χ0n) is 8.09. The first-order valence-corrected chi connectivity index (χ1v) is 4.88. The van der Waals surface area contributed by atoms with E-state index in [1.807, 2.05) is 0 Å². The Bertz CT molecular complexity index is 367. The molecule has 0 atom stereocenters. The predicted octanol–water partition coefficient (Wildman–Crippen LogP) is 4.39. The lowest BCUT2D eigenvalue weighted by Gasteiger charge is -2.15. The van der Waals surface area contributed by atoms with Crippen LogP contribution in [0.15, 0.2) is 10.5 Å². The Labute approximate surface area is 89.3 Å². The molecule has 0 aliphatic carbocycles. The molecule has 0 bridgehead atoms. The summed E-state index contributed by atoms with van der Waals surface area (Å²) in [6.07, 6.45) is -4.29. The first kappa shape index (κ1) is 11.6. The first-order chi connectivity index (χ1) is 6.25. The maximum absolute atomic E-state index is 12.6. The lowest BCUT2D eigenvalue weighted by atomic mass is 10.0. The summed E-state index contributed by atoms with van der Waals surface area (Å²) >= 11 is 3.00. The summed E-state index contributed by atoms with van der Waals surface area (Å²) in [5.74, 6) is 0. The summed E-state index contributed by atoms with van der Waals surface area (Å²) in [4.78, 5) is 0. The Morgan fingerprint density at radius 1 is 1.07 bits per heavy atom. The van der Waals surface area contributed by atoms with Gasteiger partial charge in [0.15, 0.2) is 0 Å². The minimum atomic E-state index is -4.29. The molecule has 1 aromatic rings. The summed E-state index contributed by atoms with van der Waals surface area (Å²) < 4.78 is 37.9. The quantitative estimate of drug-likeness (QED) is 0.653. The van der Waals surface area contributed by atoms with Crippen molar-refractivity contribution in [2.45, 2.75) is 26.9 Å². The summed E-state index contributed by atoms with van der Waals surface area (Å²) in [6.45, 7) is 4.95. The Morgan fingerprint density at radius 3 is 2.00 bits per heavy atom. The van der Waals surface area contributed by atoms with E-state index in [-0.39, 0.29) is 10.0 Å². The lowest BCUT2D eigenvalue weighted by Crippen LogP contribution is -2.10. The van der Waals surface area contributed by atoms with E-state index >= 15 is 0 Å². The third-order valence-electron chi connectivity index (χ3n) is 2.25. The van der Waals surface area contributed by atoms with Crippen molar-refractivity contribution in [1.82, 2.24) is 0 Å². The zero-order chi connectivity index (χ0) is 11.1. The van der Waals surface area contributed by atoms with Gasteiger partial charge in [0, 0.05) is 4.47 Å². The van der Waals surface area contributed by atoms with Crippen molar-refractivity contribution in [3.63, 3.8) is 0 Å². The molecule has 0 aliphatic heterocycles. The van der Waals surface area contributed by atoms with E-state index in [4.69, 9.17) is 0 Å². The molecular weight excluding hydrogens is 257 g/mol. The highest BCUT2D eigenvalue weighted by Gasteiger charge is 2.35. The van der Waals surface area contributed by atoms with Gasteiger partial charge in [0.2, 0.25) is 0 Å². The molecule has 0 nitrogen and oxygen atoms in total. The van der Waals surface area contributed by atoms with E-state index in [0.29, 0.717) is 5.56 Å². The molecule has 0 saturated carbocycles. The van der Waals surface area contributed by atoms with Gasteiger partial charge >= 0.3 is 6.18 Å². The van der Waals surface area contributed by atoms with E-state index < -0.39 is 11.7 Å². The summed E-state index contributed by atoms with van der Waals surface area (Å²) in [5.41, 5.74) is 1.19. The average molecular weight is 267 g/mol. The predicted molar refractivity (Wildman–Crippen MR) is 53.4 cm³/mol. The molecule has 0 spiro atoms. The van der Waals surface area contributed by atoms with Gasteiger partial charge in [-0.15, -0.1) is 0 Å². The van der Waals surface area contributed by atoms with Crippen LogP contribution in [0.1, 0.15) is 22.3 Å². The Hall–Kier alpha value is -0.510. The average Bonchev–Trinajstić information content (AvgIpc) is 1.97. The minimum absolute atomic E-state index is 0.155. The van der Waals surface area contributed by atoms with Gasteiger partial charge in [0.05, 0.1) is 5.56 Å². The molecule has 0 amide bonds. The smallest absolute Gasteiger partial charge is 0.166 e. The van der Waals surface area contributed by atoms with Crippen molar-refractivity contribution >= 4 is 15.9 Å². The number of benzene rings is 1. The van der Waals surface area contributed by atoms with E-state index in [1.165, 1.54) is 6.92 Å². The van der Waals surface area contributed by atoms with Crippen LogP contribution >= 0.6 is 15.9 Å². The van der Waals surface area contributed by atoms with Gasteiger partial charge in [-0.1, -0.05) is 6.07 Å². The largest absolute Gasteiger partial charge is 0.417 e. The first-order valence-electron chi connectivity index (χ1n) is 4.08. The Balaban J connectivity index is 3.53. The lowest BCUT2D eigenvalue weighted by molar-refractivity contribution is -0.138. The van der Waals surface area contributed by atoms with E-state index in [9.17, 15) is 13.2 Å². The van der Waals surface area contributed by atoms with Crippen LogP contribution < -0.4 is 0 Å². The van der Waals surface area contributed by atoms with Crippen LogP contribution in [0.5, 0.6) is 0 Å². The fourth-order valence-corrected chi connectivity index (χ4v) is 2.24. The molecule has 0 saturated heterocycles. The van der Waals surface area contributed by atoms with Gasteiger partial charge in [0.1, 0.15) is 0 Å². The normalized spacial score (nSPS) is 11.9. The Morgan fingerprint density at radius 2 is 1.57 bits per heavy atom. The van der Waals surface area contributed by atoms with Crippen LogP contribution in [0.4, 0.5) is 13.2 Å². The number of hydrogen-bond donors (Lipinski definition) is 0. The van der Waals surface area contributed by atoms with E-state index in [2.05, 4.69) is 15.9 Å². The van der Waals surface area contributed by atoms with Gasteiger partial charge < -0.3 is 0 Å². The third-order valence-corrected chi connectivity index (χ3v) is 3.24. The maximum Gasteiger partial charge on any atom is 0.417 e. The second-order valence-electron chi connectivity index (χ2n) is 3.32. The summed E-state index contributed by atoms with van der Waals surface area (Å²) in [6, 6.07) is 1.56. The molecule has 0 unspecified atom stereocenters. The zero-order valence-corrected chi connectivity index (χ0v) is 9.68. The standard InChI is InChI=1S/C10H10BrF3/c1-5-4-6(2)8(10(12,13)14)9(11)7(5)3/h4H,1-3H3. The highest BCUT2D eigenvalue weighted by atomic mass is 79.9. The minimum Gasteiger partial charge on any atom is -0.166 e. The van der Waals surface area contributed by atoms with Gasteiger partial charge in [-0.2, -0.15) is 13.2 Å². The van der Waals surface area contributed by atoms with E-state index in [1.54, 1.807) is 19.9 Å². The monoisotopic (exact) mass is 266 g/mol. The van der Waals surface area contributed by atoms with E-state index in [0.717, 1.165) is 5.56 Å². The molecule has 0 radical (unpaired) electrons. The van der Waals surface area contributed by atoms with Gasteiger partial charge in [-0.25, -0.2) is 0 Å². The van der Waals surface area contributed by atoms with Crippen LogP contribution in [0.2, 0.25) is 0 Å². The van der Waals surface area contributed by atoms with Crippen LogP contribution in [0.25, 0.3) is 0 Å². The number of halogens is 4. The second kappa shape index (κ2) is 3.57. The molecule has 78 valence electrons. The molecule has 0 N–H and O–H groups in total. The van der Waals surface area contributed by atoms with Crippen molar-refractivity contribution in [3.8, 4) is 0 Å². The van der Waals surface area contributed by atoms with Gasteiger partial charge in [-0.3, -0.25) is 0 Å². The van der Waals surface area contributed by atoms with Crippen molar-refractivity contribution in [2.24, 2.45) is 0 Å². The molecule has 4 heteroatoms. The van der Waals surface area contributed by atoms with Gasteiger partial charge in [-0.05, 0) is 53.4 Å². The van der Waals surface area contributed by atoms with Crippen molar-refractivity contribution in [3.05, 3.63) is 32.8 Å². The molecule has 14 heavy (non-hydrogen) atoms. The highest BCUT2D eigenvalue weighted by Crippen LogP contribution is 2.39. The summed E-state index contributed by atoms with van der Waals surface area (Å²) in [5, 5.41) is 0. The fraction of sp³-hybridized carbons (Fsp3) is 0.400. The molecule has 0 heterocycles. The number of alkyl halides is 3. The van der Waals surface area contributed by atoms with Crippen LogP contribution in [0.3, 0.4) is 0 Å². The third kappa shape index (κ3) is 1.95. The number of aryl methyl sites for hydroxylation is 2. The SMILES string of the molecule is Cc1cc(C)c(C(F)(F)F)c(Br)c1C. The van der Waals surface area contributed by atoms with Crippen LogP contribution in [-0.4, -0.2) is 0 Å². The topological polar surface area (TPSA) is 0 Å². The molecule has 1 rings (SSSR count).